The smallest absolute Gasteiger partial charge is 0.293 e. The van der Waals surface area contributed by atoms with Crippen LogP contribution in [0.4, 0.5) is 21.6 Å². The minimum atomic E-state index is -0.956. The third-order valence-corrected chi connectivity index (χ3v) is 3.23. The van der Waals surface area contributed by atoms with Crippen molar-refractivity contribution in [3.05, 3.63) is 56.4 Å². The Hall–Kier alpha value is -2.55. The highest BCUT2D eigenvalue weighted by molar-refractivity contribution is 9.10. The van der Waals surface area contributed by atoms with E-state index in [0.29, 0.717) is 4.47 Å². The summed E-state index contributed by atoms with van der Waals surface area (Å²) < 4.78 is 14.2. The molecule has 9 heteroatoms. The lowest BCUT2D eigenvalue weighted by atomic mass is 10.1. The maximum absolute atomic E-state index is 13.8. The topological polar surface area (TPSA) is 111 Å². The summed E-state index contributed by atoms with van der Waals surface area (Å²) in [5.41, 5.74) is 3.83. The molecule has 0 saturated carbocycles. The quantitative estimate of drug-likeness (QED) is 0.500. The molecule has 21 heavy (non-hydrogen) atoms. The van der Waals surface area contributed by atoms with E-state index < -0.39 is 33.6 Å². The number of nitro benzene ring substituents is 1. The highest BCUT2D eigenvalue weighted by Crippen LogP contribution is 2.28. The van der Waals surface area contributed by atoms with E-state index in [-0.39, 0.29) is 5.82 Å². The highest BCUT2D eigenvalue weighted by atomic mass is 79.9. The average Bonchev–Trinajstić information content (AvgIpc) is 2.41. The maximum Gasteiger partial charge on any atom is 0.293 e. The number of hydrogen-bond acceptors (Lipinski definition) is 5. The van der Waals surface area contributed by atoms with Crippen molar-refractivity contribution in [1.29, 1.82) is 0 Å². The molecule has 1 aromatic carbocycles. The Morgan fingerprint density at radius 2 is 2.14 bits per heavy atom. The van der Waals surface area contributed by atoms with Gasteiger partial charge in [-0.2, -0.15) is 0 Å². The van der Waals surface area contributed by atoms with E-state index in [1.165, 1.54) is 6.20 Å². The van der Waals surface area contributed by atoms with Gasteiger partial charge in [0.05, 0.1) is 9.40 Å². The Labute approximate surface area is 126 Å². The van der Waals surface area contributed by atoms with E-state index in [1.54, 1.807) is 12.1 Å². The molecule has 7 nitrogen and oxygen atoms in total. The van der Waals surface area contributed by atoms with E-state index in [2.05, 4.69) is 26.2 Å². The molecule has 0 spiro atoms. The number of nitrogens with two attached hydrogens (primary N) is 1. The number of benzene rings is 1. The highest BCUT2D eigenvalue weighted by Gasteiger charge is 2.24. The number of anilines is 2. The zero-order valence-electron chi connectivity index (χ0n) is 10.3. The molecule has 0 radical (unpaired) electrons. The normalized spacial score (nSPS) is 10.2. The molecule has 0 atom stereocenters. The first-order valence-corrected chi connectivity index (χ1v) is 6.35. The molecule has 0 unspecified atom stereocenters. The summed E-state index contributed by atoms with van der Waals surface area (Å²) in [5, 5.41) is 13.1. The van der Waals surface area contributed by atoms with Crippen molar-refractivity contribution >= 4 is 39.0 Å². The summed E-state index contributed by atoms with van der Waals surface area (Å²) in [5.74, 6) is -1.73. The van der Waals surface area contributed by atoms with Crippen molar-refractivity contribution in [3.8, 4) is 0 Å². The molecule has 0 fully saturated rings. The number of nitrogens with one attached hydrogen (secondary N) is 1. The van der Waals surface area contributed by atoms with Crippen molar-refractivity contribution in [2.75, 3.05) is 11.1 Å². The third-order valence-electron chi connectivity index (χ3n) is 2.59. The Morgan fingerprint density at radius 1 is 1.43 bits per heavy atom. The standard InChI is InChI=1S/C12H8BrFN4O3/c13-6-2-1-5-16-11(6)17-12(19)9-7(14)3-4-8(10(9)15)18(20)21/h1-5H,15H2,(H,16,17,19). The van der Waals surface area contributed by atoms with Gasteiger partial charge in [-0.3, -0.25) is 14.9 Å². The molecule has 3 N–H and O–H groups in total. The number of carbonyl (C=O) groups excluding carboxylic acids is 1. The molecule has 2 rings (SSSR count). The number of halogens is 2. The van der Waals surface area contributed by atoms with Crippen LogP contribution in [0, 0.1) is 15.9 Å². The van der Waals surface area contributed by atoms with Gasteiger partial charge < -0.3 is 11.1 Å². The van der Waals surface area contributed by atoms with Crippen molar-refractivity contribution in [3.63, 3.8) is 0 Å². The van der Waals surface area contributed by atoms with Crippen LogP contribution in [0.5, 0.6) is 0 Å². The first-order chi connectivity index (χ1) is 9.91. The average molecular weight is 355 g/mol. The maximum atomic E-state index is 13.8. The van der Waals surface area contributed by atoms with Gasteiger partial charge in [-0.05, 0) is 34.1 Å². The predicted molar refractivity (Wildman–Crippen MR) is 77.4 cm³/mol. The second kappa shape index (κ2) is 5.83. The fourth-order valence-electron chi connectivity index (χ4n) is 1.62. The third kappa shape index (κ3) is 2.97. The summed E-state index contributed by atoms with van der Waals surface area (Å²) in [6.07, 6.45) is 1.42. The molecule has 0 bridgehead atoms. The van der Waals surface area contributed by atoms with Gasteiger partial charge in [-0.25, -0.2) is 9.37 Å². The van der Waals surface area contributed by atoms with E-state index in [4.69, 9.17) is 5.73 Å². The number of rotatable bonds is 3. The van der Waals surface area contributed by atoms with Crippen molar-refractivity contribution in [2.24, 2.45) is 0 Å². The molecule has 1 amide bonds. The molecule has 0 aliphatic heterocycles. The summed E-state index contributed by atoms with van der Waals surface area (Å²) in [6.45, 7) is 0. The molecular weight excluding hydrogens is 347 g/mol. The van der Waals surface area contributed by atoms with Crippen LogP contribution in [0.25, 0.3) is 0 Å². The summed E-state index contributed by atoms with van der Waals surface area (Å²) in [6, 6.07) is 4.97. The molecule has 1 heterocycles. The largest absolute Gasteiger partial charge is 0.392 e. The van der Waals surface area contributed by atoms with E-state index in [9.17, 15) is 19.3 Å². The number of amides is 1. The van der Waals surface area contributed by atoms with E-state index in [0.717, 1.165) is 12.1 Å². The van der Waals surface area contributed by atoms with Crippen LogP contribution in [0.1, 0.15) is 10.4 Å². The molecule has 0 aliphatic rings. The molecule has 0 saturated heterocycles. The van der Waals surface area contributed by atoms with E-state index in [1.807, 2.05) is 0 Å². The number of aromatic nitrogens is 1. The van der Waals surface area contributed by atoms with Gasteiger partial charge in [0.15, 0.2) is 0 Å². The van der Waals surface area contributed by atoms with Crippen LogP contribution >= 0.6 is 15.9 Å². The Balaban J connectivity index is 2.42. The lowest BCUT2D eigenvalue weighted by Crippen LogP contribution is -2.18. The number of hydrogen-bond donors (Lipinski definition) is 2. The van der Waals surface area contributed by atoms with Crippen LogP contribution in [-0.4, -0.2) is 15.8 Å². The molecule has 108 valence electrons. The molecule has 0 aliphatic carbocycles. The number of carbonyl (C=O) groups is 1. The Morgan fingerprint density at radius 3 is 2.76 bits per heavy atom. The van der Waals surface area contributed by atoms with Gasteiger partial charge in [0.1, 0.15) is 22.9 Å². The summed E-state index contributed by atoms with van der Waals surface area (Å²) >= 11 is 3.16. The van der Waals surface area contributed by atoms with Gasteiger partial charge in [0.2, 0.25) is 0 Å². The molecular formula is C12H8BrFN4O3. The first kappa shape index (κ1) is 14.9. The van der Waals surface area contributed by atoms with E-state index >= 15 is 0 Å². The minimum absolute atomic E-state index is 0.146. The number of nitrogen functional groups attached to an aromatic ring is 1. The van der Waals surface area contributed by atoms with Crippen LogP contribution in [-0.2, 0) is 0 Å². The summed E-state index contributed by atoms with van der Waals surface area (Å²) in [7, 11) is 0. The number of pyridine rings is 1. The summed E-state index contributed by atoms with van der Waals surface area (Å²) in [4.78, 5) is 25.9. The Bertz CT molecular complexity index is 738. The molecule has 2 aromatic rings. The lowest BCUT2D eigenvalue weighted by Gasteiger charge is -2.09. The minimum Gasteiger partial charge on any atom is -0.392 e. The van der Waals surface area contributed by atoms with Gasteiger partial charge in [-0.15, -0.1) is 0 Å². The van der Waals surface area contributed by atoms with Crippen LogP contribution < -0.4 is 11.1 Å². The van der Waals surface area contributed by atoms with Crippen molar-refractivity contribution < 1.29 is 14.1 Å². The van der Waals surface area contributed by atoms with Gasteiger partial charge in [-0.1, -0.05) is 0 Å². The molecule has 1 aromatic heterocycles. The zero-order valence-corrected chi connectivity index (χ0v) is 11.9. The monoisotopic (exact) mass is 354 g/mol. The predicted octanol–water partition coefficient (Wildman–Crippen LogP) is 2.73. The SMILES string of the molecule is Nc1c([N+](=O)[O-])ccc(F)c1C(=O)Nc1ncccc1Br. The second-order valence-electron chi connectivity index (χ2n) is 3.90. The van der Waals surface area contributed by atoms with Crippen molar-refractivity contribution in [2.45, 2.75) is 0 Å². The fourth-order valence-corrected chi connectivity index (χ4v) is 1.97. The zero-order chi connectivity index (χ0) is 15.6. The van der Waals surface area contributed by atoms with Crippen LogP contribution in [0.3, 0.4) is 0 Å². The lowest BCUT2D eigenvalue weighted by molar-refractivity contribution is -0.384. The number of nitro groups is 1. The van der Waals surface area contributed by atoms with Crippen LogP contribution in [0.2, 0.25) is 0 Å². The van der Waals surface area contributed by atoms with Crippen LogP contribution in [0.15, 0.2) is 34.9 Å². The second-order valence-corrected chi connectivity index (χ2v) is 4.75. The first-order valence-electron chi connectivity index (χ1n) is 5.56. The fraction of sp³-hybridized carbons (Fsp3) is 0. The van der Waals surface area contributed by atoms with Crippen molar-refractivity contribution in [1.82, 2.24) is 4.98 Å². The van der Waals surface area contributed by atoms with Gasteiger partial charge in [0.25, 0.3) is 11.6 Å². The Kier molecular flexibility index (Phi) is 4.13. The van der Waals surface area contributed by atoms with Gasteiger partial charge >= 0.3 is 0 Å². The number of nitrogens with zero attached hydrogens (tertiary/aromatic N) is 2. The van der Waals surface area contributed by atoms with Gasteiger partial charge in [0, 0.05) is 12.3 Å².